The third kappa shape index (κ3) is 8.88. The Balaban J connectivity index is 1.66. The molecule has 0 aliphatic rings. The summed E-state index contributed by atoms with van der Waals surface area (Å²) in [4.78, 5) is 0. The molecule has 29 heavy (non-hydrogen) atoms. The van der Waals surface area contributed by atoms with Crippen molar-refractivity contribution in [2.24, 2.45) is 5.92 Å². The minimum atomic E-state index is 0.0366. The van der Waals surface area contributed by atoms with E-state index in [1.807, 2.05) is 24.3 Å². The first-order valence-corrected chi connectivity index (χ1v) is 10.9. The van der Waals surface area contributed by atoms with E-state index in [1.165, 1.54) is 11.1 Å². The molecule has 0 radical (unpaired) electrons. The second kappa shape index (κ2) is 14.0. The Kier molecular flexibility index (Phi) is 11.2. The van der Waals surface area contributed by atoms with Crippen LogP contribution in [0.3, 0.4) is 0 Å². The van der Waals surface area contributed by atoms with Gasteiger partial charge in [-0.25, -0.2) is 0 Å². The lowest BCUT2D eigenvalue weighted by atomic mass is 10.0. The van der Waals surface area contributed by atoms with Crippen molar-refractivity contribution in [2.45, 2.75) is 51.9 Å². The van der Waals surface area contributed by atoms with Crippen molar-refractivity contribution >= 4 is 0 Å². The molecule has 0 aromatic heterocycles. The van der Waals surface area contributed by atoms with E-state index in [4.69, 9.17) is 19.7 Å². The van der Waals surface area contributed by atoms with Crippen LogP contribution in [0.2, 0.25) is 0 Å². The summed E-state index contributed by atoms with van der Waals surface area (Å²) in [5.41, 5.74) is 2.34. The number of ether oxygens (including phenoxy) is 2. The van der Waals surface area contributed by atoms with Crippen LogP contribution in [0, 0.1) is 5.92 Å². The summed E-state index contributed by atoms with van der Waals surface area (Å²) in [7, 11) is 0. The molecule has 2 N–H and O–H groups in total. The fraction of sp³-hybridized carbons (Fsp3) is 0.520. The minimum Gasteiger partial charge on any atom is -0.494 e. The monoisotopic (exact) mass is 400 g/mol. The molecule has 0 heterocycles. The molecule has 0 unspecified atom stereocenters. The van der Waals surface area contributed by atoms with Crippen LogP contribution in [0.5, 0.6) is 11.5 Å². The minimum absolute atomic E-state index is 0.0366. The number of hydrogen-bond acceptors (Lipinski definition) is 4. The highest BCUT2D eigenvalue weighted by atomic mass is 16.5. The summed E-state index contributed by atoms with van der Waals surface area (Å²) >= 11 is 0. The number of benzene rings is 2. The van der Waals surface area contributed by atoms with Gasteiger partial charge < -0.3 is 19.7 Å². The SMILES string of the molecule is CCCCOc1ccc(-c2ccc(OCCCCCCC(CO)CO)cc2)cc1. The van der Waals surface area contributed by atoms with Crippen LogP contribution in [-0.4, -0.2) is 36.6 Å². The first-order valence-electron chi connectivity index (χ1n) is 10.9. The van der Waals surface area contributed by atoms with E-state index in [2.05, 4.69) is 31.2 Å². The second-order valence-corrected chi connectivity index (χ2v) is 7.53. The van der Waals surface area contributed by atoms with E-state index in [1.54, 1.807) is 0 Å². The summed E-state index contributed by atoms with van der Waals surface area (Å²) in [5, 5.41) is 18.1. The Bertz CT molecular complexity index is 648. The van der Waals surface area contributed by atoms with Gasteiger partial charge in [0.15, 0.2) is 0 Å². The van der Waals surface area contributed by atoms with Crippen molar-refractivity contribution < 1.29 is 19.7 Å². The molecule has 4 heteroatoms. The van der Waals surface area contributed by atoms with Crippen molar-refractivity contribution in [2.75, 3.05) is 26.4 Å². The molecule has 160 valence electrons. The summed E-state index contributed by atoms with van der Waals surface area (Å²) < 4.78 is 11.6. The van der Waals surface area contributed by atoms with E-state index in [0.717, 1.165) is 63.1 Å². The van der Waals surface area contributed by atoms with Crippen LogP contribution in [0.1, 0.15) is 51.9 Å². The Labute approximate surface area is 175 Å². The molecule has 2 aromatic carbocycles. The maximum absolute atomic E-state index is 9.05. The van der Waals surface area contributed by atoms with Crippen LogP contribution in [0.4, 0.5) is 0 Å². The van der Waals surface area contributed by atoms with Gasteiger partial charge in [0.25, 0.3) is 0 Å². The molecular weight excluding hydrogens is 364 g/mol. The van der Waals surface area contributed by atoms with Crippen molar-refractivity contribution in [3.63, 3.8) is 0 Å². The maximum Gasteiger partial charge on any atom is 0.119 e. The van der Waals surface area contributed by atoms with Crippen molar-refractivity contribution in [1.29, 1.82) is 0 Å². The smallest absolute Gasteiger partial charge is 0.119 e. The Hall–Kier alpha value is -2.04. The standard InChI is InChI=1S/C25H36O4/c1-2-3-17-28-24-13-9-22(10-14-24)23-11-15-25(16-12-23)29-18-7-5-4-6-8-21(19-26)20-27/h9-16,21,26-27H,2-8,17-20H2,1H3. The van der Waals surface area contributed by atoms with E-state index in [0.29, 0.717) is 6.61 Å². The molecule has 2 rings (SSSR count). The fourth-order valence-corrected chi connectivity index (χ4v) is 3.14. The summed E-state index contributed by atoms with van der Waals surface area (Å²) in [6, 6.07) is 16.5. The van der Waals surface area contributed by atoms with Gasteiger partial charge >= 0.3 is 0 Å². The Morgan fingerprint density at radius 1 is 0.655 bits per heavy atom. The summed E-state index contributed by atoms with van der Waals surface area (Å²) in [6.07, 6.45) is 7.39. The third-order valence-corrected chi connectivity index (χ3v) is 5.10. The van der Waals surface area contributed by atoms with Crippen LogP contribution in [-0.2, 0) is 0 Å². The van der Waals surface area contributed by atoms with Crippen molar-refractivity contribution in [3.05, 3.63) is 48.5 Å². The molecular formula is C25H36O4. The molecule has 4 nitrogen and oxygen atoms in total. The average Bonchev–Trinajstić information content (AvgIpc) is 2.77. The van der Waals surface area contributed by atoms with E-state index in [-0.39, 0.29) is 19.1 Å². The molecule has 0 aliphatic heterocycles. The lowest BCUT2D eigenvalue weighted by Crippen LogP contribution is -2.10. The van der Waals surface area contributed by atoms with Crippen LogP contribution in [0.15, 0.2) is 48.5 Å². The lowest BCUT2D eigenvalue weighted by molar-refractivity contribution is 0.141. The highest BCUT2D eigenvalue weighted by Gasteiger charge is 2.05. The molecule has 0 bridgehead atoms. The van der Waals surface area contributed by atoms with Crippen molar-refractivity contribution in [1.82, 2.24) is 0 Å². The summed E-state index contributed by atoms with van der Waals surface area (Å²) in [5.74, 6) is 1.86. The van der Waals surface area contributed by atoms with Crippen LogP contribution < -0.4 is 9.47 Å². The first kappa shape index (κ1) is 23.2. The van der Waals surface area contributed by atoms with E-state index >= 15 is 0 Å². The predicted octanol–water partition coefficient (Wildman–Crippen LogP) is 5.46. The first-order chi connectivity index (χ1) is 14.3. The Morgan fingerprint density at radius 3 is 1.62 bits per heavy atom. The lowest BCUT2D eigenvalue weighted by Gasteiger charge is -2.10. The zero-order valence-electron chi connectivity index (χ0n) is 17.7. The highest BCUT2D eigenvalue weighted by Crippen LogP contribution is 2.25. The van der Waals surface area contributed by atoms with Gasteiger partial charge in [-0.3, -0.25) is 0 Å². The van der Waals surface area contributed by atoms with Crippen molar-refractivity contribution in [3.8, 4) is 22.6 Å². The highest BCUT2D eigenvalue weighted by molar-refractivity contribution is 5.64. The van der Waals surface area contributed by atoms with Crippen LogP contribution >= 0.6 is 0 Å². The Morgan fingerprint density at radius 2 is 1.14 bits per heavy atom. The quantitative estimate of drug-likeness (QED) is 0.390. The maximum atomic E-state index is 9.05. The van der Waals surface area contributed by atoms with E-state index in [9.17, 15) is 0 Å². The zero-order valence-corrected chi connectivity index (χ0v) is 17.7. The number of aliphatic hydroxyl groups excluding tert-OH is 2. The largest absolute Gasteiger partial charge is 0.494 e. The topological polar surface area (TPSA) is 58.9 Å². The normalized spacial score (nSPS) is 11.0. The van der Waals surface area contributed by atoms with Gasteiger partial charge in [-0.2, -0.15) is 0 Å². The van der Waals surface area contributed by atoms with Gasteiger partial charge in [-0.15, -0.1) is 0 Å². The third-order valence-electron chi connectivity index (χ3n) is 5.10. The number of rotatable bonds is 15. The number of unbranched alkanes of at least 4 members (excludes halogenated alkanes) is 4. The molecule has 0 saturated carbocycles. The molecule has 0 spiro atoms. The molecule has 0 saturated heterocycles. The van der Waals surface area contributed by atoms with Gasteiger partial charge in [0.05, 0.1) is 13.2 Å². The molecule has 0 fully saturated rings. The van der Waals surface area contributed by atoms with Gasteiger partial charge in [-0.05, 0) is 54.7 Å². The second-order valence-electron chi connectivity index (χ2n) is 7.53. The number of aliphatic hydroxyl groups is 2. The van der Waals surface area contributed by atoms with Crippen LogP contribution in [0.25, 0.3) is 11.1 Å². The number of hydrogen-bond donors (Lipinski definition) is 2. The zero-order chi connectivity index (χ0) is 20.7. The molecule has 2 aromatic rings. The average molecular weight is 401 g/mol. The summed E-state index contributed by atoms with van der Waals surface area (Å²) in [6.45, 7) is 3.80. The van der Waals surface area contributed by atoms with Gasteiger partial charge in [-0.1, -0.05) is 56.9 Å². The van der Waals surface area contributed by atoms with E-state index < -0.39 is 0 Å². The molecule has 0 atom stereocenters. The van der Waals surface area contributed by atoms with Gasteiger partial charge in [0.2, 0.25) is 0 Å². The van der Waals surface area contributed by atoms with Gasteiger partial charge in [0, 0.05) is 19.1 Å². The molecule has 0 aliphatic carbocycles. The fourth-order valence-electron chi connectivity index (χ4n) is 3.14. The molecule has 0 amide bonds. The predicted molar refractivity (Wildman–Crippen MR) is 119 cm³/mol. The van der Waals surface area contributed by atoms with Gasteiger partial charge in [0.1, 0.15) is 11.5 Å².